The number of anilines is 1. The topological polar surface area (TPSA) is 24.4 Å². The monoisotopic (exact) mass is 146 g/mol. The van der Waals surface area contributed by atoms with Gasteiger partial charge in [-0.2, -0.15) is 0 Å². The number of hydrogen-bond donors (Lipinski definition) is 1. The molecule has 11 heavy (non-hydrogen) atoms. The highest BCUT2D eigenvalue weighted by Crippen LogP contribution is 2.17. The van der Waals surface area contributed by atoms with Crippen LogP contribution in [-0.2, 0) is 0 Å². The Balaban J connectivity index is 2.46. The summed E-state index contributed by atoms with van der Waals surface area (Å²) in [6, 6.07) is 8.16. The first-order valence-corrected chi connectivity index (χ1v) is 3.75. The van der Waals surface area contributed by atoms with Crippen LogP contribution in [0.25, 0.3) is 0 Å². The van der Waals surface area contributed by atoms with Gasteiger partial charge < -0.3 is 5.32 Å². The summed E-state index contributed by atoms with van der Waals surface area (Å²) in [6.45, 7) is 2.03. The Morgan fingerprint density at radius 3 is 3.09 bits per heavy atom. The Labute approximate surface area is 66.0 Å². The fourth-order valence-corrected chi connectivity index (χ4v) is 1.20. The van der Waals surface area contributed by atoms with Crippen molar-refractivity contribution in [1.29, 1.82) is 0 Å². The van der Waals surface area contributed by atoms with Gasteiger partial charge in [-0.05, 0) is 13.0 Å². The molecule has 1 heterocycles. The van der Waals surface area contributed by atoms with E-state index < -0.39 is 0 Å². The predicted molar refractivity (Wildman–Crippen MR) is 47.1 cm³/mol. The molecule has 1 aliphatic heterocycles. The van der Waals surface area contributed by atoms with Gasteiger partial charge in [-0.1, -0.05) is 18.2 Å². The van der Waals surface area contributed by atoms with E-state index >= 15 is 0 Å². The number of benzene rings is 1. The first-order chi connectivity index (χ1) is 5.36. The number of nitrogens with one attached hydrogen (secondary N) is 1. The quantitative estimate of drug-likeness (QED) is 0.593. The zero-order valence-electron chi connectivity index (χ0n) is 6.41. The van der Waals surface area contributed by atoms with Crippen LogP contribution in [0.15, 0.2) is 29.3 Å². The zero-order chi connectivity index (χ0) is 7.68. The fourth-order valence-electron chi connectivity index (χ4n) is 1.20. The molecule has 1 N–H and O–H groups in total. The van der Waals surface area contributed by atoms with Gasteiger partial charge in [-0.15, -0.1) is 0 Å². The Kier molecular flexibility index (Phi) is 1.39. The minimum Gasteiger partial charge on any atom is -0.363 e. The number of nitrogens with zero attached hydrogens (tertiary/aromatic N) is 1. The molecule has 2 nitrogen and oxygen atoms in total. The summed E-state index contributed by atoms with van der Waals surface area (Å²) in [6.07, 6.45) is 2.13. The smallest absolute Gasteiger partial charge is 0.115 e. The van der Waals surface area contributed by atoms with Crippen LogP contribution in [-0.4, -0.2) is 12.4 Å². The Hall–Kier alpha value is -1.31. The molecule has 0 bridgehead atoms. The summed E-state index contributed by atoms with van der Waals surface area (Å²) in [4.78, 5) is 4.24. The average molecular weight is 146 g/mol. The standard InChI is InChI=1S/C9H10N2/c1-7-10-6-8-4-2-3-5-9(8)11-7/h2-7,11H,1H3. The van der Waals surface area contributed by atoms with E-state index in [0.717, 1.165) is 0 Å². The third kappa shape index (κ3) is 1.11. The lowest BCUT2D eigenvalue weighted by Gasteiger charge is -2.17. The van der Waals surface area contributed by atoms with Crippen molar-refractivity contribution >= 4 is 11.9 Å². The van der Waals surface area contributed by atoms with Crippen molar-refractivity contribution in [2.75, 3.05) is 5.32 Å². The van der Waals surface area contributed by atoms with Crippen LogP contribution in [0.1, 0.15) is 12.5 Å². The highest BCUT2D eigenvalue weighted by molar-refractivity contribution is 5.89. The molecule has 1 aromatic carbocycles. The third-order valence-electron chi connectivity index (χ3n) is 1.76. The van der Waals surface area contributed by atoms with Gasteiger partial charge in [0.05, 0.1) is 0 Å². The van der Waals surface area contributed by atoms with Crippen LogP contribution in [0.5, 0.6) is 0 Å². The summed E-state index contributed by atoms with van der Waals surface area (Å²) in [5, 5.41) is 3.26. The lowest BCUT2D eigenvalue weighted by Crippen LogP contribution is -2.17. The van der Waals surface area contributed by atoms with Gasteiger partial charge >= 0.3 is 0 Å². The van der Waals surface area contributed by atoms with E-state index in [1.807, 2.05) is 25.3 Å². The van der Waals surface area contributed by atoms with Crippen molar-refractivity contribution in [3.8, 4) is 0 Å². The maximum atomic E-state index is 4.24. The number of hydrogen-bond acceptors (Lipinski definition) is 2. The largest absolute Gasteiger partial charge is 0.363 e. The SMILES string of the molecule is CC1N=Cc2ccccc2N1. The molecule has 0 amide bonds. The maximum absolute atomic E-state index is 4.24. The molecule has 0 saturated heterocycles. The lowest BCUT2D eigenvalue weighted by atomic mass is 10.1. The van der Waals surface area contributed by atoms with Crippen molar-refractivity contribution in [1.82, 2.24) is 0 Å². The molecule has 2 heteroatoms. The molecule has 0 fully saturated rings. The molecule has 0 aliphatic carbocycles. The number of rotatable bonds is 0. The Morgan fingerprint density at radius 1 is 1.36 bits per heavy atom. The maximum Gasteiger partial charge on any atom is 0.115 e. The Morgan fingerprint density at radius 2 is 2.18 bits per heavy atom. The lowest BCUT2D eigenvalue weighted by molar-refractivity contribution is 0.849. The molecular weight excluding hydrogens is 136 g/mol. The first-order valence-electron chi connectivity index (χ1n) is 3.75. The predicted octanol–water partition coefficient (Wildman–Crippen LogP) is 1.88. The molecule has 1 atom stereocenters. The fraction of sp³-hybridized carbons (Fsp3) is 0.222. The van der Waals surface area contributed by atoms with Crippen LogP contribution in [0.3, 0.4) is 0 Å². The minimum absolute atomic E-state index is 0.213. The Bertz CT molecular complexity index is 291. The van der Waals surface area contributed by atoms with Crippen LogP contribution >= 0.6 is 0 Å². The summed E-state index contributed by atoms with van der Waals surface area (Å²) < 4.78 is 0. The molecule has 2 rings (SSSR count). The van der Waals surface area contributed by atoms with Crippen LogP contribution in [0.2, 0.25) is 0 Å². The highest BCUT2D eigenvalue weighted by atomic mass is 15.1. The molecule has 1 unspecified atom stereocenters. The van der Waals surface area contributed by atoms with E-state index in [1.165, 1.54) is 11.3 Å². The van der Waals surface area contributed by atoms with Crippen molar-refractivity contribution in [3.63, 3.8) is 0 Å². The van der Waals surface area contributed by atoms with Crippen LogP contribution in [0, 0.1) is 0 Å². The van der Waals surface area contributed by atoms with Gasteiger partial charge in [0.2, 0.25) is 0 Å². The van der Waals surface area contributed by atoms with E-state index in [4.69, 9.17) is 0 Å². The van der Waals surface area contributed by atoms with E-state index in [0.29, 0.717) is 0 Å². The second-order valence-electron chi connectivity index (χ2n) is 2.69. The van der Waals surface area contributed by atoms with E-state index in [1.54, 1.807) is 0 Å². The van der Waals surface area contributed by atoms with Crippen LogP contribution in [0.4, 0.5) is 5.69 Å². The molecule has 0 spiro atoms. The van der Waals surface area contributed by atoms with E-state index in [2.05, 4.69) is 22.4 Å². The molecular formula is C9H10N2. The van der Waals surface area contributed by atoms with E-state index in [-0.39, 0.29) is 6.17 Å². The second kappa shape index (κ2) is 2.38. The molecule has 0 radical (unpaired) electrons. The average Bonchev–Trinajstić information content (AvgIpc) is 2.04. The molecule has 0 saturated carbocycles. The van der Waals surface area contributed by atoms with Gasteiger partial charge in [0.25, 0.3) is 0 Å². The van der Waals surface area contributed by atoms with Crippen LogP contribution < -0.4 is 5.32 Å². The van der Waals surface area contributed by atoms with Gasteiger partial charge in [0, 0.05) is 17.5 Å². The molecule has 1 aromatic rings. The van der Waals surface area contributed by atoms with Gasteiger partial charge in [0.1, 0.15) is 6.17 Å². The molecule has 0 aromatic heterocycles. The summed E-state index contributed by atoms with van der Waals surface area (Å²) >= 11 is 0. The number of aliphatic imine (C=N–C) groups is 1. The van der Waals surface area contributed by atoms with Gasteiger partial charge in [-0.25, -0.2) is 0 Å². The van der Waals surface area contributed by atoms with Crippen molar-refractivity contribution < 1.29 is 0 Å². The number of para-hydroxylation sites is 1. The second-order valence-corrected chi connectivity index (χ2v) is 2.69. The van der Waals surface area contributed by atoms with Crippen molar-refractivity contribution in [3.05, 3.63) is 29.8 Å². The third-order valence-corrected chi connectivity index (χ3v) is 1.76. The van der Waals surface area contributed by atoms with Crippen molar-refractivity contribution in [2.45, 2.75) is 13.1 Å². The van der Waals surface area contributed by atoms with Gasteiger partial charge in [0.15, 0.2) is 0 Å². The minimum atomic E-state index is 0.213. The molecule has 56 valence electrons. The van der Waals surface area contributed by atoms with Crippen molar-refractivity contribution in [2.24, 2.45) is 4.99 Å². The zero-order valence-corrected chi connectivity index (χ0v) is 6.41. The number of fused-ring (bicyclic) bond motifs is 1. The first kappa shape index (κ1) is 6.40. The highest BCUT2D eigenvalue weighted by Gasteiger charge is 2.06. The normalized spacial score (nSPS) is 20.6. The van der Waals surface area contributed by atoms with Gasteiger partial charge in [-0.3, -0.25) is 4.99 Å². The summed E-state index contributed by atoms with van der Waals surface area (Å²) in [5.41, 5.74) is 2.35. The molecule has 1 aliphatic rings. The van der Waals surface area contributed by atoms with E-state index in [9.17, 15) is 0 Å². The summed E-state index contributed by atoms with van der Waals surface area (Å²) in [5.74, 6) is 0. The summed E-state index contributed by atoms with van der Waals surface area (Å²) in [7, 11) is 0.